The molecule has 0 aliphatic carbocycles. The largest absolute Gasteiger partial charge is 0.454 e. The zero-order valence-corrected chi connectivity index (χ0v) is 11.6. The molecule has 3 rings (SSSR count). The summed E-state index contributed by atoms with van der Waals surface area (Å²) in [5, 5.41) is 8.99. The van der Waals surface area contributed by atoms with E-state index >= 15 is 0 Å². The lowest BCUT2D eigenvalue weighted by Gasteiger charge is -2.09. The molecule has 0 bridgehead atoms. The van der Waals surface area contributed by atoms with Crippen LogP contribution in [0.4, 0.5) is 5.69 Å². The number of anilines is 1. The molecule has 0 fully saturated rings. The van der Waals surface area contributed by atoms with Gasteiger partial charge in [-0.05, 0) is 24.3 Å². The van der Waals surface area contributed by atoms with Crippen molar-refractivity contribution in [1.82, 2.24) is 0 Å². The smallest absolute Gasteiger partial charge is 0.262 e. The third-order valence-corrected chi connectivity index (χ3v) is 4.31. The molecular formula is C14H10N2O4S. The normalized spacial score (nSPS) is 12.7. The van der Waals surface area contributed by atoms with Crippen molar-refractivity contribution in [2.24, 2.45) is 0 Å². The van der Waals surface area contributed by atoms with Gasteiger partial charge in [-0.25, -0.2) is 8.42 Å². The van der Waals surface area contributed by atoms with E-state index in [1.807, 2.05) is 6.07 Å². The maximum absolute atomic E-state index is 12.4. The number of nitrogens with zero attached hydrogens (tertiary/aromatic N) is 1. The number of sulfonamides is 1. The van der Waals surface area contributed by atoms with Crippen molar-refractivity contribution in [2.45, 2.75) is 4.90 Å². The van der Waals surface area contributed by atoms with Gasteiger partial charge >= 0.3 is 0 Å². The molecule has 0 radical (unpaired) electrons. The fourth-order valence-electron chi connectivity index (χ4n) is 1.92. The first kappa shape index (κ1) is 13.3. The Bertz CT molecular complexity index is 840. The molecule has 2 aromatic carbocycles. The molecule has 0 atom stereocenters. The van der Waals surface area contributed by atoms with Gasteiger partial charge in [0.25, 0.3) is 10.0 Å². The number of para-hydroxylation sites is 1. The van der Waals surface area contributed by atoms with Crippen LogP contribution in [-0.4, -0.2) is 15.2 Å². The number of fused-ring (bicyclic) bond motifs is 1. The van der Waals surface area contributed by atoms with Gasteiger partial charge in [-0.3, -0.25) is 4.72 Å². The average molecular weight is 302 g/mol. The zero-order chi connectivity index (χ0) is 14.9. The van der Waals surface area contributed by atoms with Gasteiger partial charge < -0.3 is 9.47 Å². The van der Waals surface area contributed by atoms with E-state index in [9.17, 15) is 8.42 Å². The minimum atomic E-state index is -3.80. The van der Waals surface area contributed by atoms with Crippen LogP contribution in [0.15, 0.2) is 47.4 Å². The van der Waals surface area contributed by atoms with Gasteiger partial charge in [0, 0.05) is 6.07 Å². The third kappa shape index (κ3) is 2.49. The Labute approximate surface area is 121 Å². The lowest BCUT2D eigenvalue weighted by atomic mass is 10.2. The van der Waals surface area contributed by atoms with Crippen LogP contribution < -0.4 is 14.2 Å². The summed E-state index contributed by atoms with van der Waals surface area (Å²) in [5.74, 6) is 0.887. The molecule has 21 heavy (non-hydrogen) atoms. The van der Waals surface area contributed by atoms with Crippen LogP contribution >= 0.6 is 0 Å². The molecule has 0 spiro atoms. The highest BCUT2D eigenvalue weighted by Gasteiger charge is 2.21. The summed E-state index contributed by atoms with van der Waals surface area (Å²) in [6, 6.07) is 12.7. The first-order valence-corrected chi connectivity index (χ1v) is 7.50. The maximum Gasteiger partial charge on any atom is 0.262 e. The standard InChI is InChI=1S/C14H10N2O4S/c15-8-10-3-1-2-4-12(10)16-21(17,18)11-5-6-13-14(7-11)20-9-19-13/h1-7,16H,9H2. The molecule has 1 aliphatic rings. The Hall–Kier alpha value is -2.72. The molecule has 0 saturated heterocycles. The van der Waals surface area contributed by atoms with Gasteiger partial charge in [-0.1, -0.05) is 12.1 Å². The lowest BCUT2D eigenvalue weighted by molar-refractivity contribution is 0.174. The van der Waals surface area contributed by atoms with E-state index in [0.29, 0.717) is 11.5 Å². The molecule has 0 aromatic heterocycles. The summed E-state index contributed by atoms with van der Waals surface area (Å²) in [5.41, 5.74) is 0.486. The van der Waals surface area contributed by atoms with Crippen LogP contribution in [-0.2, 0) is 10.0 Å². The SMILES string of the molecule is N#Cc1ccccc1NS(=O)(=O)c1ccc2c(c1)OCO2. The monoisotopic (exact) mass is 302 g/mol. The summed E-state index contributed by atoms with van der Waals surface area (Å²) in [6.45, 7) is 0.0729. The summed E-state index contributed by atoms with van der Waals surface area (Å²) in [7, 11) is -3.80. The average Bonchev–Trinajstić information content (AvgIpc) is 2.95. The van der Waals surface area contributed by atoms with E-state index < -0.39 is 10.0 Å². The van der Waals surface area contributed by atoms with Crippen LogP contribution in [0.1, 0.15) is 5.56 Å². The van der Waals surface area contributed by atoms with Gasteiger partial charge in [0.15, 0.2) is 11.5 Å². The van der Waals surface area contributed by atoms with Crippen molar-refractivity contribution in [3.05, 3.63) is 48.0 Å². The third-order valence-electron chi connectivity index (χ3n) is 2.95. The van der Waals surface area contributed by atoms with E-state index in [2.05, 4.69) is 4.72 Å². The highest BCUT2D eigenvalue weighted by atomic mass is 32.2. The second-order valence-corrected chi connectivity index (χ2v) is 5.96. The van der Waals surface area contributed by atoms with Crippen LogP contribution in [0.25, 0.3) is 0 Å². The number of rotatable bonds is 3. The Morgan fingerprint density at radius 2 is 1.86 bits per heavy atom. The van der Waals surface area contributed by atoms with Crippen molar-refractivity contribution in [1.29, 1.82) is 5.26 Å². The summed E-state index contributed by atoms with van der Waals surface area (Å²) < 4.78 is 37.4. The number of benzene rings is 2. The Kier molecular flexibility index (Phi) is 3.16. The first-order valence-electron chi connectivity index (χ1n) is 6.02. The molecule has 0 unspecified atom stereocenters. The number of hydrogen-bond donors (Lipinski definition) is 1. The molecular weight excluding hydrogens is 292 g/mol. The van der Waals surface area contributed by atoms with Gasteiger partial charge in [0.1, 0.15) is 6.07 Å². The number of nitriles is 1. The van der Waals surface area contributed by atoms with Crippen molar-refractivity contribution in [2.75, 3.05) is 11.5 Å². The minimum absolute atomic E-state index is 0.0412. The number of ether oxygens (including phenoxy) is 2. The predicted octanol–water partition coefficient (Wildman–Crippen LogP) is 2.09. The quantitative estimate of drug-likeness (QED) is 0.937. The molecule has 106 valence electrons. The zero-order valence-electron chi connectivity index (χ0n) is 10.7. The topological polar surface area (TPSA) is 88.4 Å². The predicted molar refractivity (Wildman–Crippen MR) is 74.5 cm³/mol. The van der Waals surface area contributed by atoms with Gasteiger partial charge in [-0.2, -0.15) is 5.26 Å². The highest BCUT2D eigenvalue weighted by molar-refractivity contribution is 7.92. The van der Waals surface area contributed by atoms with Crippen LogP contribution in [0.2, 0.25) is 0 Å². The van der Waals surface area contributed by atoms with Crippen molar-refractivity contribution in [3.63, 3.8) is 0 Å². The minimum Gasteiger partial charge on any atom is -0.454 e. The molecule has 6 nitrogen and oxygen atoms in total. The van der Waals surface area contributed by atoms with E-state index in [4.69, 9.17) is 14.7 Å². The molecule has 1 aliphatic heterocycles. The lowest BCUT2D eigenvalue weighted by Crippen LogP contribution is -2.13. The highest BCUT2D eigenvalue weighted by Crippen LogP contribution is 2.34. The van der Waals surface area contributed by atoms with Gasteiger partial charge in [-0.15, -0.1) is 0 Å². The van der Waals surface area contributed by atoms with Crippen molar-refractivity contribution >= 4 is 15.7 Å². The second kappa shape index (κ2) is 5.00. The van der Waals surface area contributed by atoms with Crippen LogP contribution in [0.5, 0.6) is 11.5 Å². The molecule has 1 N–H and O–H groups in total. The van der Waals surface area contributed by atoms with Crippen LogP contribution in [0.3, 0.4) is 0 Å². The Morgan fingerprint density at radius 3 is 2.67 bits per heavy atom. The van der Waals surface area contributed by atoms with Crippen molar-refractivity contribution in [3.8, 4) is 17.6 Å². The molecule has 7 heteroatoms. The van der Waals surface area contributed by atoms with E-state index in [-0.39, 0.29) is 22.9 Å². The first-order chi connectivity index (χ1) is 10.1. The van der Waals surface area contributed by atoms with Gasteiger partial charge in [0.05, 0.1) is 16.1 Å². The van der Waals surface area contributed by atoms with Gasteiger partial charge in [0.2, 0.25) is 6.79 Å². The Balaban J connectivity index is 1.96. The molecule has 0 amide bonds. The fraction of sp³-hybridized carbons (Fsp3) is 0.0714. The van der Waals surface area contributed by atoms with Crippen molar-refractivity contribution < 1.29 is 17.9 Å². The van der Waals surface area contributed by atoms with E-state index in [0.717, 1.165) is 0 Å². The molecule has 1 heterocycles. The summed E-state index contributed by atoms with van der Waals surface area (Å²) in [4.78, 5) is 0.0412. The molecule has 2 aromatic rings. The fourth-order valence-corrected chi connectivity index (χ4v) is 3.01. The Morgan fingerprint density at radius 1 is 1.10 bits per heavy atom. The molecule has 0 saturated carbocycles. The summed E-state index contributed by atoms with van der Waals surface area (Å²) in [6.07, 6.45) is 0. The van der Waals surface area contributed by atoms with E-state index in [1.165, 1.54) is 30.3 Å². The summed E-state index contributed by atoms with van der Waals surface area (Å²) >= 11 is 0. The second-order valence-electron chi connectivity index (χ2n) is 4.28. The van der Waals surface area contributed by atoms with E-state index in [1.54, 1.807) is 12.1 Å². The maximum atomic E-state index is 12.4. The number of nitrogens with one attached hydrogen (secondary N) is 1. The number of hydrogen-bond acceptors (Lipinski definition) is 5. The van der Waals surface area contributed by atoms with Crippen LogP contribution in [0, 0.1) is 11.3 Å².